The summed E-state index contributed by atoms with van der Waals surface area (Å²) in [5.41, 5.74) is -0.127. The normalized spacial score (nSPS) is 19.9. The largest absolute Gasteiger partial charge is 0.491 e. The van der Waals surface area contributed by atoms with Gasteiger partial charge in [0.15, 0.2) is 0 Å². The van der Waals surface area contributed by atoms with Crippen LogP contribution in [0.4, 0.5) is 22.0 Å². The molecule has 2 atom stereocenters. The second-order valence-electron chi connectivity index (χ2n) is 9.96. The van der Waals surface area contributed by atoms with Gasteiger partial charge in [-0.1, -0.05) is 19.9 Å². The number of pyridine rings is 1. The van der Waals surface area contributed by atoms with Crippen LogP contribution in [0.5, 0.6) is 5.75 Å². The molecule has 1 fully saturated rings. The van der Waals surface area contributed by atoms with Gasteiger partial charge in [-0.2, -0.15) is 4.98 Å². The molecule has 0 unspecified atom stereocenters. The van der Waals surface area contributed by atoms with Gasteiger partial charge in [-0.3, -0.25) is 0 Å². The second-order valence-corrected chi connectivity index (χ2v) is 9.96. The van der Waals surface area contributed by atoms with Crippen LogP contribution < -0.4 is 15.0 Å². The molecule has 4 heterocycles. The molecule has 0 saturated carbocycles. The quantitative estimate of drug-likeness (QED) is 0.362. The zero-order valence-electron chi connectivity index (χ0n) is 21.3. The average Bonchev–Trinajstić information content (AvgIpc) is 3.39. The van der Waals surface area contributed by atoms with Gasteiger partial charge in [0, 0.05) is 36.7 Å². The molecular weight excluding hydrogens is 473 g/mol. The summed E-state index contributed by atoms with van der Waals surface area (Å²) in [6.45, 7) is 7.59. The third-order valence-corrected chi connectivity index (χ3v) is 6.81. The molecular formula is C27H32FN7O2. The molecule has 9 nitrogen and oxygen atoms in total. The Hall–Kier alpha value is -3.79. The van der Waals surface area contributed by atoms with Gasteiger partial charge >= 0.3 is 0 Å². The Kier molecular flexibility index (Phi) is 6.92. The number of anilines is 3. The van der Waals surface area contributed by atoms with Gasteiger partial charge in [-0.05, 0) is 48.4 Å². The summed E-state index contributed by atoms with van der Waals surface area (Å²) in [7, 11) is 0. The van der Waals surface area contributed by atoms with Gasteiger partial charge < -0.3 is 24.6 Å². The van der Waals surface area contributed by atoms with E-state index in [1.54, 1.807) is 29.7 Å². The lowest BCUT2D eigenvalue weighted by molar-refractivity contribution is -0.0332. The smallest absolute Gasteiger partial charge is 0.227 e. The van der Waals surface area contributed by atoms with E-state index in [0.717, 1.165) is 16.5 Å². The van der Waals surface area contributed by atoms with Crippen molar-refractivity contribution in [1.29, 1.82) is 0 Å². The average molecular weight is 506 g/mol. The minimum Gasteiger partial charge on any atom is -0.491 e. The monoisotopic (exact) mass is 505 g/mol. The second kappa shape index (κ2) is 10.3. The molecule has 0 aliphatic carbocycles. The van der Waals surface area contributed by atoms with E-state index in [-0.39, 0.29) is 6.54 Å². The fraction of sp³-hybridized carbons (Fsp3) is 0.407. The number of rotatable bonds is 8. The first-order valence-electron chi connectivity index (χ1n) is 12.5. The number of piperidine rings is 1. The van der Waals surface area contributed by atoms with Crippen molar-refractivity contribution in [3.8, 4) is 5.75 Å². The molecule has 2 N–H and O–H groups in total. The fourth-order valence-corrected chi connectivity index (χ4v) is 4.50. The predicted octanol–water partition coefficient (Wildman–Crippen LogP) is 4.47. The first kappa shape index (κ1) is 24.9. The van der Waals surface area contributed by atoms with Crippen LogP contribution in [0, 0.1) is 0 Å². The number of nitrogens with zero attached hydrogens (tertiary/aromatic N) is 6. The lowest BCUT2D eigenvalue weighted by atomic mass is 9.92. The van der Waals surface area contributed by atoms with Crippen molar-refractivity contribution in [1.82, 2.24) is 24.5 Å². The molecule has 37 heavy (non-hydrogen) atoms. The molecule has 0 spiro atoms. The van der Waals surface area contributed by atoms with Crippen molar-refractivity contribution < 1.29 is 14.2 Å². The van der Waals surface area contributed by atoms with Crippen LogP contribution in [-0.2, 0) is 6.54 Å². The number of ether oxygens (including phenoxy) is 1. The summed E-state index contributed by atoms with van der Waals surface area (Å²) in [4.78, 5) is 19.3. The number of imidazole rings is 1. The lowest BCUT2D eigenvalue weighted by Gasteiger charge is -2.38. The molecule has 3 aromatic heterocycles. The molecule has 1 saturated heterocycles. The number of halogens is 1. The van der Waals surface area contributed by atoms with Crippen LogP contribution in [0.2, 0.25) is 0 Å². The summed E-state index contributed by atoms with van der Waals surface area (Å²) in [5.74, 6) is 2.71. The van der Waals surface area contributed by atoms with Crippen molar-refractivity contribution >= 4 is 28.4 Å². The van der Waals surface area contributed by atoms with Crippen LogP contribution in [0.3, 0.4) is 0 Å². The number of alkyl halides is 1. The van der Waals surface area contributed by atoms with Gasteiger partial charge in [-0.25, -0.2) is 19.3 Å². The summed E-state index contributed by atoms with van der Waals surface area (Å²) >= 11 is 0. The van der Waals surface area contributed by atoms with E-state index in [2.05, 4.69) is 45.2 Å². The highest BCUT2D eigenvalue weighted by molar-refractivity contribution is 5.92. The highest BCUT2D eigenvalue weighted by Crippen LogP contribution is 2.34. The zero-order chi connectivity index (χ0) is 26.0. The molecule has 0 bridgehead atoms. The van der Waals surface area contributed by atoms with E-state index in [4.69, 9.17) is 4.74 Å². The van der Waals surface area contributed by atoms with Gasteiger partial charge in [0.25, 0.3) is 0 Å². The van der Waals surface area contributed by atoms with Gasteiger partial charge in [-0.15, -0.1) is 0 Å². The van der Waals surface area contributed by atoms with Crippen molar-refractivity contribution in [2.45, 2.75) is 51.4 Å². The lowest BCUT2D eigenvalue weighted by Crippen LogP contribution is -2.52. The number of hydrogen-bond acceptors (Lipinski definition) is 8. The summed E-state index contributed by atoms with van der Waals surface area (Å²) in [6, 6.07) is 7.86. The van der Waals surface area contributed by atoms with E-state index in [1.807, 2.05) is 29.1 Å². The Morgan fingerprint density at radius 2 is 2.05 bits per heavy atom. The van der Waals surface area contributed by atoms with Crippen LogP contribution in [-0.4, -0.2) is 61.1 Å². The molecule has 1 aliphatic rings. The Morgan fingerprint density at radius 1 is 1.19 bits per heavy atom. The Bertz CT molecular complexity index is 1360. The minimum absolute atomic E-state index is 0.0477. The van der Waals surface area contributed by atoms with E-state index in [9.17, 15) is 9.50 Å². The number of aliphatic hydroxyl groups is 1. The summed E-state index contributed by atoms with van der Waals surface area (Å²) in [6.07, 6.45) is 7.83. The van der Waals surface area contributed by atoms with Crippen LogP contribution in [0.1, 0.15) is 38.7 Å². The molecule has 10 heteroatoms. The molecule has 0 amide bonds. The number of nitrogens with one attached hydrogen (secondary N) is 1. The number of fused-ring (bicyclic) bond motifs is 1. The molecule has 1 aliphatic heterocycles. The maximum absolute atomic E-state index is 14.4. The molecule has 5 rings (SSSR count). The van der Waals surface area contributed by atoms with E-state index in [1.165, 1.54) is 12.5 Å². The molecule has 0 radical (unpaired) electrons. The SMILES string of the molecule is CC(C)c1ccc(OCCn2ccnc2)c2cnc(Nc3ccnc(N4CC[C@@](C)(O)[C@@H](F)C4)n3)cc12. The Balaban J connectivity index is 1.36. The maximum Gasteiger partial charge on any atom is 0.227 e. The maximum atomic E-state index is 14.4. The summed E-state index contributed by atoms with van der Waals surface area (Å²) < 4.78 is 22.5. The number of benzene rings is 1. The third kappa shape index (κ3) is 5.48. The zero-order valence-corrected chi connectivity index (χ0v) is 21.3. The third-order valence-electron chi connectivity index (χ3n) is 6.81. The molecule has 4 aromatic rings. The van der Waals surface area contributed by atoms with Gasteiger partial charge in [0.2, 0.25) is 5.95 Å². The number of hydrogen-bond donors (Lipinski definition) is 2. The van der Waals surface area contributed by atoms with Crippen LogP contribution in [0.25, 0.3) is 10.8 Å². The van der Waals surface area contributed by atoms with E-state index < -0.39 is 11.8 Å². The van der Waals surface area contributed by atoms with E-state index in [0.29, 0.717) is 49.6 Å². The molecule has 194 valence electrons. The van der Waals surface area contributed by atoms with Crippen molar-refractivity contribution in [3.05, 3.63) is 60.9 Å². The fourth-order valence-electron chi connectivity index (χ4n) is 4.50. The number of aromatic nitrogens is 5. The standard InChI is InChI=1S/C27H32FN7O2/c1-18(2)19-4-5-22(37-13-12-34-11-9-29-17-34)21-15-31-25(14-20(19)21)32-24-6-8-30-26(33-24)35-10-7-27(3,36)23(28)16-35/h4-6,8-9,11,14-15,17-18,23,36H,7,10,12-13,16H2,1-3H3,(H,30,31,32,33)/t23-,27+/m0/s1. The Morgan fingerprint density at radius 3 is 2.81 bits per heavy atom. The first-order chi connectivity index (χ1) is 17.8. The first-order valence-corrected chi connectivity index (χ1v) is 12.5. The van der Waals surface area contributed by atoms with Crippen LogP contribution >= 0.6 is 0 Å². The predicted molar refractivity (Wildman–Crippen MR) is 141 cm³/mol. The Labute approximate surface area is 215 Å². The van der Waals surface area contributed by atoms with E-state index >= 15 is 0 Å². The van der Waals surface area contributed by atoms with Gasteiger partial charge in [0.05, 0.1) is 25.0 Å². The van der Waals surface area contributed by atoms with Crippen molar-refractivity contribution in [2.24, 2.45) is 0 Å². The van der Waals surface area contributed by atoms with Crippen molar-refractivity contribution in [3.63, 3.8) is 0 Å². The highest BCUT2D eigenvalue weighted by Gasteiger charge is 2.38. The molecule has 1 aromatic carbocycles. The topological polar surface area (TPSA) is 101 Å². The summed E-state index contributed by atoms with van der Waals surface area (Å²) in [5, 5.41) is 15.4. The van der Waals surface area contributed by atoms with Crippen LogP contribution in [0.15, 0.2) is 55.4 Å². The van der Waals surface area contributed by atoms with Gasteiger partial charge in [0.1, 0.15) is 30.2 Å². The van der Waals surface area contributed by atoms with Crippen molar-refractivity contribution in [2.75, 3.05) is 29.9 Å². The highest BCUT2D eigenvalue weighted by atomic mass is 19.1. The minimum atomic E-state index is -1.37.